The smallest absolute Gasteiger partial charge is 0.120 e. The molecule has 0 aromatic rings. The van der Waals surface area contributed by atoms with E-state index >= 15 is 0 Å². The molecule has 1 heteroatoms. The Balaban J connectivity index is 1.70. The number of fused-ring (bicyclic) bond motifs is 5. The number of unbranched alkanes of at least 4 members (excludes halogenated alkanes) is 1. The van der Waals surface area contributed by atoms with Gasteiger partial charge in [-0.3, -0.25) is 0 Å². The first-order valence-corrected chi connectivity index (χ1v) is 6.52. The summed E-state index contributed by atoms with van der Waals surface area (Å²) in [5, 5.41) is 0. The van der Waals surface area contributed by atoms with Gasteiger partial charge in [0.15, 0.2) is 0 Å². The van der Waals surface area contributed by atoms with Crippen molar-refractivity contribution in [3.63, 3.8) is 0 Å². The van der Waals surface area contributed by atoms with E-state index in [9.17, 15) is 4.79 Å². The summed E-state index contributed by atoms with van der Waals surface area (Å²) in [6.07, 6.45) is 12.4. The van der Waals surface area contributed by atoms with Crippen LogP contribution in [0.2, 0.25) is 0 Å². The number of hydrogen-bond donors (Lipinski definition) is 0. The molecule has 0 N–H and O–H groups in total. The maximum Gasteiger partial charge on any atom is 0.120 e. The fourth-order valence-electron chi connectivity index (χ4n) is 4.46. The largest absolute Gasteiger partial charge is 0.303 e. The van der Waals surface area contributed by atoms with Crippen molar-refractivity contribution in [3.05, 3.63) is 11.6 Å². The van der Waals surface area contributed by atoms with Crippen molar-refractivity contribution in [2.24, 2.45) is 23.7 Å². The highest BCUT2D eigenvalue weighted by molar-refractivity contribution is 5.49. The van der Waals surface area contributed by atoms with Gasteiger partial charge in [-0.1, -0.05) is 18.1 Å². The van der Waals surface area contributed by atoms with Crippen molar-refractivity contribution in [1.82, 2.24) is 0 Å². The highest BCUT2D eigenvalue weighted by Crippen LogP contribution is 2.60. The molecule has 3 saturated carbocycles. The fraction of sp³-hybridized carbons (Fsp3) is 0.786. The Hall–Kier alpha value is -0.590. The molecule has 0 amide bonds. The first kappa shape index (κ1) is 9.62. The van der Waals surface area contributed by atoms with Crippen LogP contribution in [-0.2, 0) is 4.79 Å². The highest BCUT2D eigenvalue weighted by atomic mass is 16.1. The maximum atomic E-state index is 10.3. The molecule has 4 atom stereocenters. The van der Waals surface area contributed by atoms with Crippen molar-refractivity contribution in [2.75, 3.05) is 0 Å². The van der Waals surface area contributed by atoms with Gasteiger partial charge >= 0.3 is 0 Å². The summed E-state index contributed by atoms with van der Waals surface area (Å²) in [5.41, 5.74) is 1.71. The number of carbonyl (C=O) groups excluding carboxylic acids is 1. The molecule has 0 aliphatic heterocycles. The molecule has 3 fully saturated rings. The third-order valence-electron chi connectivity index (χ3n) is 4.97. The SMILES string of the molecule is O=CCCC=C1C[C@H]2C[C@@H]1C1CCC[C@@H]12. The molecule has 0 aromatic carbocycles. The summed E-state index contributed by atoms with van der Waals surface area (Å²) < 4.78 is 0. The van der Waals surface area contributed by atoms with E-state index < -0.39 is 0 Å². The van der Waals surface area contributed by atoms with Gasteiger partial charge < -0.3 is 4.79 Å². The van der Waals surface area contributed by atoms with Crippen LogP contribution in [0.1, 0.15) is 44.9 Å². The maximum absolute atomic E-state index is 10.3. The number of rotatable bonds is 3. The average molecular weight is 204 g/mol. The Kier molecular flexibility index (Phi) is 2.42. The van der Waals surface area contributed by atoms with E-state index in [2.05, 4.69) is 6.08 Å². The summed E-state index contributed by atoms with van der Waals surface area (Å²) in [7, 11) is 0. The van der Waals surface area contributed by atoms with Gasteiger partial charge in [-0.2, -0.15) is 0 Å². The van der Waals surface area contributed by atoms with Crippen molar-refractivity contribution >= 4 is 6.29 Å². The van der Waals surface area contributed by atoms with Gasteiger partial charge in [-0.25, -0.2) is 0 Å². The molecule has 1 nitrogen and oxygen atoms in total. The Bertz CT molecular complexity index is 292. The van der Waals surface area contributed by atoms with Gasteiger partial charge in [0.2, 0.25) is 0 Å². The minimum absolute atomic E-state index is 0.717. The van der Waals surface area contributed by atoms with E-state index in [1.165, 1.54) is 32.1 Å². The summed E-state index contributed by atoms with van der Waals surface area (Å²) in [4.78, 5) is 10.3. The van der Waals surface area contributed by atoms with Crippen molar-refractivity contribution in [3.8, 4) is 0 Å². The molecule has 1 unspecified atom stereocenters. The molecule has 15 heavy (non-hydrogen) atoms. The molecule has 0 saturated heterocycles. The van der Waals surface area contributed by atoms with Crippen LogP contribution < -0.4 is 0 Å². The lowest BCUT2D eigenvalue weighted by atomic mass is 9.79. The van der Waals surface area contributed by atoms with E-state index in [0.717, 1.165) is 42.8 Å². The van der Waals surface area contributed by atoms with Crippen molar-refractivity contribution < 1.29 is 4.79 Å². The quantitative estimate of drug-likeness (QED) is 0.391. The van der Waals surface area contributed by atoms with Crippen LogP contribution in [0.4, 0.5) is 0 Å². The second kappa shape index (κ2) is 3.77. The standard InChI is InChI=1S/C14H20O/c15-7-2-1-4-10-8-11-9-14(10)13-6-3-5-12(11)13/h4,7,11-14H,1-3,5-6,8-9H2/t11-,12+,13?,14-/m0/s1. The van der Waals surface area contributed by atoms with Crippen LogP contribution >= 0.6 is 0 Å². The van der Waals surface area contributed by atoms with Crippen LogP contribution in [0.3, 0.4) is 0 Å². The molecule has 0 aromatic heterocycles. The van der Waals surface area contributed by atoms with Gasteiger partial charge in [0.25, 0.3) is 0 Å². The lowest BCUT2D eigenvalue weighted by Gasteiger charge is -2.26. The second-order valence-corrected chi connectivity index (χ2v) is 5.59. The first-order valence-electron chi connectivity index (χ1n) is 6.52. The van der Waals surface area contributed by atoms with Crippen LogP contribution in [0.15, 0.2) is 11.6 Å². The second-order valence-electron chi connectivity index (χ2n) is 5.59. The van der Waals surface area contributed by atoms with Crippen molar-refractivity contribution in [2.45, 2.75) is 44.9 Å². The van der Waals surface area contributed by atoms with E-state index in [0.29, 0.717) is 0 Å². The third kappa shape index (κ3) is 1.47. The molecule has 3 aliphatic carbocycles. The molecule has 0 radical (unpaired) electrons. The number of allylic oxidation sites excluding steroid dienone is 2. The van der Waals surface area contributed by atoms with Crippen LogP contribution in [-0.4, -0.2) is 6.29 Å². The zero-order chi connectivity index (χ0) is 10.3. The summed E-state index contributed by atoms with van der Waals surface area (Å²) >= 11 is 0. The third-order valence-corrected chi connectivity index (χ3v) is 4.97. The predicted molar refractivity (Wildman–Crippen MR) is 60.4 cm³/mol. The molecular weight excluding hydrogens is 184 g/mol. The fourth-order valence-corrected chi connectivity index (χ4v) is 4.46. The van der Waals surface area contributed by atoms with Gasteiger partial charge in [-0.15, -0.1) is 0 Å². The number of hydrogen-bond acceptors (Lipinski definition) is 1. The lowest BCUT2D eigenvalue weighted by molar-refractivity contribution is -0.107. The average Bonchev–Trinajstić information content (AvgIpc) is 2.89. The van der Waals surface area contributed by atoms with Crippen LogP contribution in [0, 0.1) is 23.7 Å². The minimum Gasteiger partial charge on any atom is -0.303 e. The molecule has 82 valence electrons. The summed E-state index contributed by atoms with van der Waals surface area (Å²) in [6.45, 7) is 0. The topological polar surface area (TPSA) is 17.1 Å². The molecule has 0 spiro atoms. The molecule has 2 bridgehead atoms. The number of carbonyl (C=O) groups is 1. The van der Waals surface area contributed by atoms with Gasteiger partial charge in [0.1, 0.15) is 6.29 Å². The van der Waals surface area contributed by atoms with Crippen LogP contribution in [0.5, 0.6) is 0 Å². The molecular formula is C14H20O. The zero-order valence-corrected chi connectivity index (χ0v) is 9.32. The normalized spacial score (nSPS) is 44.9. The lowest BCUT2D eigenvalue weighted by Crippen LogP contribution is -2.18. The first-order chi connectivity index (χ1) is 7.40. The van der Waals surface area contributed by atoms with E-state index in [1.807, 2.05) is 0 Å². The van der Waals surface area contributed by atoms with E-state index in [-0.39, 0.29) is 0 Å². The minimum atomic E-state index is 0.717. The van der Waals surface area contributed by atoms with Gasteiger partial charge in [0, 0.05) is 6.42 Å². The molecule has 3 rings (SSSR count). The Morgan fingerprint density at radius 1 is 1.20 bits per heavy atom. The molecule has 0 heterocycles. The van der Waals surface area contributed by atoms with Crippen molar-refractivity contribution in [1.29, 1.82) is 0 Å². The number of aldehydes is 1. The summed E-state index contributed by atoms with van der Waals surface area (Å²) in [6, 6.07) is 0. The van der Waals surface area contributed by atoms with Crippen LogP contribution in [0.25, 0.3) is 0 Å². The molecule has 3 aliphatic rings. The predicted octanol–water partition coefficient (Wildman–Crippen LogP) is 3.35. The van der Waals surface area contributed by atoms with E-state index in [4.69, 9.17) is 0 Å². The highest BCUT2D eigenvalue weighted by Gasteiger charge is 2.51. The monoisotopic (exact) mass is 204 g/mol. The Morgan fingerprint density at radius 3 is 2.93 bits per heavy atom. The van der Waals surface area contributed by atoms with Gasteiger partial charge in [0.05, 0.1) is 0 Å². The summed E-state index contributed by atoms with van der Waals surface area (Å²) in [5.74, 6) is 4.06. The van der Waals surface area contributed by atoms with Gasteiger partial charge in [-0.05, 0) is 55.8 Å². The Morgan fingerprint density at radius 2 is 2.07 bits per heavy atom. The zero-order valence-electron chi connectivity index (χ0n) is 9.32. The Labute approximate surface area is 91.9 Å². The van der Waals surface area contributed by atoms with E-state index in [1.54, 1.807) is 5.57 Å².